The van der Waals surface area contributed by atoms with Gasteiger partial charge in [-0.2, -0.15) is 0 Å². The van der Waals surface area contributed by atoms with E-state index in [9.17, 15) is 4.79 Å². The molecule has 28 heavy (non-hydrogen) atoms. The van der Waals surface area contributed by atoms with Crippen molar-refractivity contribution < 1.29 is 19.0 Å². The SMILES string of the molecule is Cc1ccsc1/C=C1\Oc2c3c(cc(C)c2C1=O)OCN(CC1CCCO1)C3. The minimum absolute atomic E-state index is 0.0423. The number of carbonyl (C=O) groups excluding carboxylic acids is 1. The molecule has 3 aliphatic rings. The van der Waals surface area contributed by atoms with E-state index >= 15 is 0 Å². The standard InChI is InChI=1S/C22H23NO4S/c1-13-5-7-28-19(13)9-18-21(24)20-14(2)8-17-16(22(20)27-18)11-23(12-26-17)10-15-4-3-6-25-15/h5,7-9,15H,3-4,6,10-12H2,1-2H3/b18-9-. The topological polar surface area (TPSA) is 48.0 Å². The molecule has 1 fully saturated rings. The molecule has 1 aromatic heterocycles. The number of benzene rings is 1. The van der Waals surface area contributed by atoms with Crippen LogP contribution in [0.5, 0.6) is 11.5 Å². The molecule has 0 spiro atoms. The lowest BCUT2D eigenvalue weighted by Gasteiger charge is -2.31. The molecule has 4 heterocycles. The van der Waals surface area contributed by atoms with Gasteiger partial charge < -0.3 is 14.2 Å². The fourth-order valence-corrected chi connectivity index (χ4v) is 4.97. The van der Waals surface area contributed by atoms with Crippen molar-refractivity contribution in [2.45, 2.75) is 39.3 Å². The molecule has 0 aliphatic carbocycles. The van der Waals surface area contributed by atoms with Gasteiger partial charge in [0.1, 0.15) is 18.2 Å². The van der Waals surface area contributed by atoms with Crippen LogP contribution in [0.1, 0.15) is 44.8 Å². The van der Waals surface area contributed by atoms with Gasteiger partial charge in [-0.05, 0) is 55.3 Å². The molecule has 6 heteroatoms. The third-order valence-corrected chi connectivity index (χ3v) is 6.60. The summed E-state index contributed by atoms with van der Waals surface area (Å²) in [7, 11) is 0. The van der Waals surface area contributed by atoms with Crippen LogP contribution in [-0.2, 0) is 11.3 Å². The Morgan fingerprint density at radius 2 is 2.21 bits per heavy atom. The highest BCUT2D eigenvalue weighted by atomic mass is 32.1. The third-order valence-electron chi connectivity index (χ3n) is 5.64. The molecule has 1 saturated heterocycles. The zero-order valence-corrected chi connectivity index (χ0v) is 16.9. The number of hydrogen-bond donors (Lipinski definition) is 0. The van der Waals surface area contributed by atoms with Crippen LogP contribution in [0.15, 0.2) is 23.3 Å². The first kappa shape index (κ1) is 17.9. The van der Waals surface area contributed by atoms with E-state index in [0.29, 0.717) is 30.3 Å². The highest BCUT2D eigenvalue weighted by Gasteiger charge is 2.36. The number of carbonyl (C=O) groups is 1. The van der Waals surface area contributed by atoms with Crippen molar-refractivity contribution in [3.63, 3.8) is 0 Å². The summed E-state index contributed by atoms with van der Waals surface area (Å²) in [6.07, 6.45) is 4.35. The molecule has 2 aromatic rings. The van der Waals surface area contributed by atoms with Crippen LogP contribution in [0, 0.1) is 13.8 Å². The predicted molar refractivity (Wildman–Crippen MR) is 108 cm³/mol. The van der Waals surface area contributed by atoms with E-state index in [1.807, 2.05) is 37.4 Å². The molecular formula is C22H23NO4S. The molecule has 0 saturated carbocycles. The van der Waals surface area contributed by atoms with E-state index in [1.165, 1.54) is 0 Å². The Hall–Kier alpha value is -2.15. The fraction of sp³-hybridized carbons (Fsp3) is 0.409. The zero-order chi connectivity index (χ0) is 19.3. The first-order valence-corrected chi connectivity index (χ1v) is 10.6. The maximum Gasteiger partial charge on any atom is 0.232 e. The second-order valence-corrected chi connectivity index (χ2v) is 8.65. The first-order chi connectivity index (χ1) is 13.6. The Bertz CT molecular complexity index is 971. The summed E-state index contributed by atoms with van der Waals surface area (Å²) >= 11 is 1.61. The van der Waals surface area contributed by atoms with Crippen molar-refractivity contribution in [1.82, 2.24) is 4.90 Å². The van der Waals surface area contributed by atoms with Crippen molar-refractivity contribution in [2.75, 3.05) is 19.9 Å². The van der Waals surface area contributed by atoms with Gasteiger partial charge in [-0.1, -0.05) is 0 Å². The van der Waals surface area contributed by atoms with Gasteiger partial charge in [0.15, 0.2) is 5.76 Å². The number of Topliss-reactive ketones (excluding diaryl/α,β-unsaturated/α-hetero) is 1. The quantitative estimate of drug-likeness (QED) is 0.722. The largest absolute Gasteiger partial charge is 0.478 e. The lowest BCUT2D eigenvalue weighted by Crippen LogP contribution is -2.37. The van der Waals surface area contributed by atoms with E-state index in [4.69, 9.17) is 14.2 Å². The van der Waals surface area contributed by atoms with E-state index in [-0.39, 0.29) is 11.9 Å². The van der Waals surface area contributed by atoms with Crippen molar-refractivity contribution in [3.8, 4) is 11.5 Å². The summed E-state index contributed by atoms with van der Waals surface area (Å²) in [5, 5.41) is 2.03. The van der Waals surface area contributed by atoms with Gasteiger partial charge in [0.05, 0.1) is 17.2 Å². The summed E-state index contributed by atoms with van der Waals surface area (Å²) in [6.45, 7) is 6.92. The second-order valence-electron chi connectivity index (χ2n) is 7.70. The van der Waals surface area contributed by atoms with Crippen LogP contribution in [0.3, 0.4) is 0 Å². The number of ether oxygens (including phenoxy) is 3. The van der Waals surface area contributed by atoms with Gasteiger partial charge in [-0.3, -0.25) is 9.69 Å². The molecule has 1 atom stereocenters. The smallest absolute Gasteiger partial charge is 0.232 e. The molecule has 5 nitrogen and oxygen atoms in total. The van der Waals surface area contributed by atoms with Crippen LogP contribution in [0.2, 0.25) is 0 Å². The summed E-state index contributed by atoms with van der Waals surface area (Å²) < 4.78 is 17.9. The Kier molecular flexibility index (Phi) is 4.50. The normalized spacial score (nSPS) is 22.9. The molecule has 1 unspecified atom stereocenters. The minimum atomic E-state index is -0.0423. The minimum Gasteiger partial charge on any atom is -0.478 e. The average molecular weight is 397 g/mol. The fourth-order valence-electron chi connectivity index (χ4n) is 4.12. The van der Waals surface area contributed by atoms with Gasteiger partial charge >= 0.3 is 0 Å². The van der Waals surface area contributed by atoms with Crippen LogP contribution < -0.4 is 9.47 Å². The molecule has 146 valence electrons. The summed E-state index contributed by atoms with van der Waals surface area (Å²) in [6, 6.07) is 4.02. The summed E-state index contributed by atoms with van der Waals surface area (Å²) in [5.41, 5.74) is 3.68. The van der Waals surface area contributed by atoms with Gasteiger partial charge in [0.2, 0.25) is 5.78 Å². The predicted octanol–water partition coefficient (Wildman–Crippen LogP) is 4.31. The zero-order valence-electron chi connectivity index (χ0n) is 16.1. The number of rotatable bonds is 3. The molecule has 5 rings (SSSR count). The Labute approximate surface area is 168 Å². The number of aryl methyl sites for hydroxylation is 2. The number of ketones is 1. The first-order valence-electron chi connectivity index (χ1n) is 9.71. The van der Waals surface area contributed by atoms with E-state index in [0.717, 1.165) is 53.3 Å². The number of thiophene rings is 1. The van der Waals surface area contributed by atoms with Crippen LogP contribution in [0.25, 0.3) is 6.08 Å². The number of fused-ring (bicyclic) bond motifs is 3. The summed E-state index contributed by atoms with van der Waals surface area (Å²) in [4.78, 5) is 16.3. The lowest BCUT2D eigenvalue weighted by atomic mass is 9.98. The van der Waals surface area contributed by atoms with Crippen LogP contribution in [-0.4, -0.2) is 36.7 Å². The maximum absolute atomic E-state index is 13.0. The Morgan fingerprint density at radius 3 is 2.96 bits per heavy atom. The van der Waals surface area contributed by atoms with Gasteiger partial charge in [0.25, 0.3) is 0 Å². The van der Waals surface area contributed by atoms with E-state index in [2.05, 4.69) is 4.90 Å². The van der Waals surface area contributed by atoms with Crippen molar-refractivity contribution in [1.29, 1.82) is 0 Å². The summed E-state index contributed by atoms with van der Waals surface area (Å²) in [5.74, 6) is 1.84. The highest BCUT2D eigenvalue weighted by Crippen LogP contribution is 2.44. The van der Waals surface area contributed by atoms with Crippen LogP contribution in [0.4, 0.5) is 0 Å². The van der Waals surface area contributed by atoms with E-state index in [1.54, 1.807) is 11.3 Å². The maximum atomic E-state index is 13.0. The highest BCUT2D eigenvalue weighted by molar-refractivity contribution is 7.11. The number of nitrogens with zero attached hydrogens (tertiary/aromatic N) is 1. The molecule has 0 amide bonds. The van der Waals surface area contributed by atoms with Gasteiger partial charge in [0, 0.05) is 30.6 Å². The van der Waals surface area contributed by atoms with Gasteiger partial charge in [-0.15, -0.1) is 11.3 Å². The Balaban J connectivity index is 1.47. The average Bonchev–Trinajstić information content (AvgIpc) is 3.39. The lowest BCUT2D eigenvalue weighted by molar-refractivity contribution is 0.0273. The van der Waals surface area contributed by atoms with Crippen molar-refractivity contribution in [3.05, 3.63) is 50.4 Å². The molecule has 1 aromatic carbocycles. The second kappa shape index (κ2) is 7.03. The number of allylic oxidation sites excluding steroid dienone is 1. The molecule has 0 N–H and O–H groups in total. The molecule has 0 bridgehead atoms. The van der Waals surface area contributed by atoms with Crippen molar-refractivity contribution >= 4 is 23.2 Å². The van der Waals surface area contributed by atoms with Gasteiger partial charge in [-0.25, -0.2) is 0 Å². The molecule has 0 radical (unpaired) electrons. The monoisotopic (exact) mass is 397 g/mol. The van der Waals surface area contributed by atoms with Crippen molar-refractivity contribution in [2.24, 2.45) is 0 Å². The Morgan fingerprint density at radius 1 is 1.32 bits per heavy atom. The third kappa shape index (κ3) is 3.05. The van der Waals surface area contributed by atoms with Crippen LogP contribution >= 0.6 is 11.3 Å². The van der Waals surface area contributed by atoms with E-state index < -0.39 is 0 Å². The molecule has 3 aliphatic heterocycles. The molecular weight excluding hydrogens is 374 g/mol. The number of hydrogen-bond acceptors (Lipinski definition) is 6.